The molecule has 15 heavy (non-hydrogen) atoms. The smallest absolute Gasteiger partial charge is 0.364 e. The summed E-state index contributed by atoms with van der Waals surface area (Å²) in [4.78, 5) is 0. The minimum absolute atomic E-state index is 0.0780. The molecule has 0 aromatic rings. The highest BCUT2D eigenvalue weighted by atomic mass is 28.4. The van der Waals surface area contributed by atoms with Gasteiger partial charge in [-0.2, -0.15) is 0 Å². The Morgan fingerprint density at radius 2 is 1.93 bits per heavy atom. The van der Waals surface area contributed by atoms with Gasteiger partial charge in [-0.25, -0.2) is 0 Å². The predicted octanol–water partition coefficient (Wildman–Crippen LogP) is 1.08. The highest BCUT2D eigenvalue weighted by Crippen LogP contribution is 2.23. The van der Waals surface area contributed by atoms with Gasteiger partial charge >= 0.3 is 8.56 Å². The van der Waals surface area contributed by atoms with Gasteiger partial charge in [0.25, 0.3) is 0 Å². The van der Waals surface area contributed by atoms with Crippen LogP contribution >= 0.6 is 0 Å². The molecule has 0 spiro atoms. The van der Waals surface area contributed by atoms with Gasteiger partial charge in [-0.05, 0) is 13.5 Å². The molecule has 2 rings (SSSR count). The second-order valence-electron chi connectivity index (χ2n) is 4.67. The van der Waals surface area contributed by atoms with Crippen LogP contribution in [0.4, 0.5) is 0 Å². The highest BCUT2D eigenvalue weighted by molar-refractivity contribution is 6.67. The molecule has 2 saturated heterocycles. The van der Waals surface area contributed by atoms with E-state index in [1.54, 1.807) is 0 Å². The minimum atomic E-state index is -2.10. The van der Waals surface area contributed by atoms with E-state index in [1.165, 1.54) is 0 Å². The number of hydrogen-bond acceptors (Lipinski definition) is 4. The fourth-order valence-electron chi connectivity index (χ4n) is 1.51. The van der Waals surface area contributed by atoms with Crippen molar-refractivity contribution in [2.24, 2.45) is 5.92 Å². The van der Waals surface area contributed by atoms with E-state index in [4.69, 9.17) is 18.3 Å². The summed E-state index contributed by atoms with van der Waals surface area (Å²) in [6.45, 7) is 9.38. The third-order valence-electron chi connectivity index (χ3n) is 2.98. The fourth-order valence-corrected chi connectivity index (χ4v) is 3.69. The summed E-state index contributed by atoms with van der Waals surface area (Å²) in [5, 5.41) is 0. The average molecular weight is 232 g/mol. The maximum atomic E-state index is 5.84. The van der Waals surface area contributed by atoms with Crippen LogP contribution in [0.1, 0.15) is 13.8 Å². The van der Waals surface area contributed by atoms with E-state index in [1.807, 2.05) is 6.92 Å². The van der Waals surface area contributed by atoms with Gasteiger partial charge in [0, 0.05) is 19.1 Å². The van der Waals surface area contributed by atoms with Crippen LogP contribution in [0.15, 0.2) is 0 Å². The number of rotatable bonds is 4. The molecule has 5 heteroatoms. The predicted molar refractivity (Wildman–Crippen MR) is 57.8 cm³/mol. The van der Waals surface area contributed by atoms with Gasteiger partial charge < -0.3 is 18.3 Å². The van der Waals surface area contributed by atoms with Crippen molar-refractivity contribution >= 4 is 8.56 Å². The SMILES string of the molecule is CC1CO[Si](C)(C(C)OCC2CO2)OC1. The van der Waals surface area contributed by atoms with Gasteiger partial charge in [0.2, 0.25) is 0 Å². The van der Waals surface area contributed by atoms with Crippen molar-refractivity contribution in [2.45, 2.75) is 32.2 Å². The molecule has 2 fully saturated rings. The van der Waals surface area contributed by atoms with Gasteiger partial charge in [-0.15, -0.1) is 0 Å². The molecule has 2 heterocycles. The van der Waals surface area contributed by atoms with Crippen molar-refractivity contribution < 1.29 is 18.3 Å². The molecule has 0 aromatic heterocycles. The molecule has 2 aliphatic rings. The second-order valence-corrected chi connectivity index (χ2v) is 8.10. The molecule has 0 radical (unpaired) electrons. The van der Waals surface area contributed by atoms with Crippen LogP contribution in [0.5, 0.6) is 0 Å². The highest BCUT2D eigenvalue weighted by Gasteiger charge is 2.43. The van der Waals surface area contributed by atoms with Gasteiger partial charge in [-0.1, -0.05) is 6.92 Å². The Kier molecular flexibility index (Phi) is 3.47. The molecule has 88 valence electrons. The van der Waals surface area contributed by atoms with Crippen LogP contribution in [0, 0.1) is 5.92 Å². The molecule has 0 bridgehead atoms. The summed E-state index contributed by atoms with van der Waals surface area (Å²) in [6, 6.07) is 0. The lowest BCUT2D eigenvalue weighted by Crippen LogP contribution is -2.55. The zero-order chi connectivity index (χ0) is 10.9. The Bertz CT molecular complexity index is 211. The number of epoxide rings is 1. The molecule has 2 aliphatic heterocycles. The van der Waals surface area contributed by atoms with E-state index < -0.39 is 8.56 Å². The van der Waals surface area contributed by atoms with Gasteiger partial charge in [0.1, 0.15) is 6.10 Å². The molecule has 0 amide bonds. The van der Waals surface area contributed by atoms with Crippen molar-refractivity contribution in [2.75, 3.05) is 26.4 Å². The standard InChI is InChI=1S/C10H20O4Si/c1-8-4-13-15(3,14-5-8)9(2)11-6-10-7-12-10/h8-10H,4-7H2,1-3H3. The third kappa shape index (κ3) is 3.01. The van der Waals surface area contributed by atoms with Crippen molar-refractivity contribution in [3.05, 3.63) is 0 Å². The van der Waals surface area contributed by atoms with E-state index in [-0.39, 0.29) is 5.73 Å². The van der Waals surface area contributed by atoms with Crippen LogP contribution in [0.25, 0.3) is 0 Å². The molecule has 0 aromatic carbocycles. The molecule has 2 unspecified atom stereocenters. The van der Waals surface area contributed by atoms with E-state index in [2.05, 4.69) is 13.5 Å². The van der Waals surface area contributed by atoms with Crippen LogP contribution < -0.4 is 0 Å². The lowest BCUT2D eigenvalue weighted by molar-refractivity contribution is 0.0100. The normalized spacial score (nSPS) is 42.6. The summed E-state index contributed by atoms with van der Waals surface area (Å²) in [5.41, 5.74) is 0.0780. The van der Waals surface area contributed by atoms with Crippen molar-refractivity contribution in [3.63, 3.8) is 0 Å². The molecular formula is C10H20O4Si. The topological polar surface area (TPSA) is 40.2 Å². The average Bonchev–Trinajstić information content (AvgIpc) is 3.03. The zero-order valence-corrected chi connectivity index (χ0v) is 10.7. The maximum absolute atomic E-state index is 5.84. The molecule has 4 nitrogen and oxygen atoms in total. The Morgan fingerprint density at radius 3 is 2.47 bits per heavy atom. The lowest BCUT2D eigenvalue weighted by Gasteiger charge is -2.37. The first kappa shape index (κ1) is 11.5. The molecule has 0 N–H and O–H groups in total. The summed E-state index contributed by atoms with van der Waals surface area (Å²) in [7, 11) is -2.10. The monoisotopic (exact) mass is 232 g/mol. The Balaban J connectivity index is 1.78. The van der Waals surface area contributed by atoms with E-state index in [0.717, 1.165) is 19.8 Å². The largest absolute Gasteiger partial charge is 0.393 e. The summed E-state index contributed by atoms with van der Waals surface area (Å²) >= 11 is 0. The van der Waals surface area contributed by atoms with Crippen molar-refractivity contribution in [1.29, 1.82) is 0 Å². The first-order valence-corrected chi connectivity index (χ1v) is 8.00. The molecule has 0 saturated carbocycles. The Labute approximate surface area is 92.1 Å². The first-order valence-electron chi connectivity index (χ1n) is 5.61. The van der Waals surface area contributed by atoms with E-state index in [0.29, 0.717) is 18.6 Å². The maximum Gasteiger partial charge on any atom is 0.364 e. The third-order valence-corrected chi connectivity index (χ3v) is 6.11. The van der Waals surface area contributed by atoms with Crippen LogP contribution in [-0.2, 0) is 18.3 Å². The van der Waals surface area contributed by atoms with Crippen LogP contribution in [0.3, 0.4) is 0 Å². The van der Waals surface area contributed by atoms with Gasteiger partial charge in [0.15, 0.2) is 0 Å². The molecule has 2 atom stereocenters. The van der Waals surface area contributed by atoms with E-state index in [9.17, 15) is 0 Å². The quantitative estimate of drug-likeness (QED) is 0.537. The minimum Gasteiger partial charge on any atom is -0.393 e. The van der Waals surface area contributed by atoms with Gasteiger partial charge in [-0.3, -0.25) is 0 Å². The first-order chi connectivity index (χ1) is 7.10. The summed E-state index contributed by atoms with van der Waals surface area (Å²) < 4.78 is 22.5. The molecular weight excluding hydrogens is 212 g/mol. The van der Waals surface area contributed by atoms with Crippen LogP contribution in [-0.4, -0.2) is 46.8 Å². The fraction of sp³-hybridized carbons (Fsp3) is 1.00. The number of hydrogen-bond donors (Lipinski definition) is 0. The van der Waals surface area contributed by atoms with Crippen molar-refractivity contribution in [3.8, 4) is 0 Å². The lowest BCUT2D eigenvalue weighted by atomic mass is 10.2. The second kappa shape index (κ2) is 4.51. The van der Waals surface area contributed by atoms with Crippen molar-refractivity contribution in [1.82, 2.24) is 0 Å². The van der Waals surface area contributed by atoms with Gasteiger partial charge in [0.05, 0.1) is 18.9 Å². The summed E-state index contributed by atoms with van der Waals surface area (Å²) in [6.07, 6.45) is 0.313. The van der Waals surface area contributed by atoms with E-state index >= 15 is 0 Å². The molecule has 0 aliphatic carbocycles. The number of ether oxygens (including phenoxy) is 2. The van der Waals surface area contributed by atoms with Crippen LogP contribution in [0.2, 0.25) is 6.55 Å². The Hall–Kier alpha value is 0.0569. The Morgan fingerprint density at radius 1 is 1.33 bits per heavy atom. The zero-order valence-electron chi connectivity index (χ0n) is 9.69. The summed E-state index contributed by atoms with van der Waals surface area (Å²) in [5.74, 6) is 0.504.